The van der Waals surface area contributed by atoms with Crippen LogP contribution in [0, 0.1) is 10.1 Å². The highest BCUT2D eigenvalue weighted by Crippen LogP contribution is 2.38. The number of hydrogen-bond acceptors (Lipinski definition) is 5. The molecule has 4 rings (SSSR count). The topological polar surface area (TPSA) is 102 Å². The van der Waals surface area contributed by atoms with Crippen LogP contribution in [0.5, 0.6) is 11.5 Å². The standard InChI is InChI=1S/C21H15N3O5/c1-23-17-7-2-3-8-19(17)29-18-10-9-14(12-16(18)21(23)26)22-20(25)13-5-4-6-15(11-13)24(27)28/h2-12H,1H3,(H,22,25). The third-order valence-corrected chi connectivity index (χ3v) is 4.54. The molecule has 0 atom stereocenters. The molecule has 144 valence electrons. The first-order valence-electron chi connectivity index (χ1n) is 8.69. The lowest BCUT2D eigenvalue weighted by atomic mass is 10.1. The smallest absolute Gasteiger partial charge is 0.270 e. The maximum atomic E-state index is 12.9. The van der Waals surface area contributed by atoms with Crippen LogP contribution in [-0.2, 0) is 0 Å². The second-order valence-corrected chi connectivity index (χ2v) is 6.41. The van der Waals surface area contributed by atoms with Crippen molar-refractivity contribution in [1.29, 1.82) is 0 Å². The van der Waals surface area contributed by atoms with Gasteiger partial charge in [-0.2, -0.15) is 0 Å². The Kier molecular flexibility index (Phi) is 4.44. The van der Waals surface area contributed by atoms with E-state index in [2.05, 4.69) is 5.32 Å². The molecule has 3 aromatic rings. The van der Waals surface area contributed by atoms with Crippen LogP contribution in [0.2, 0.25) is 0 Å². The highest BCUT2D eigenvalue weighted by atomic mass is 16.6. The van der Waals surface area contributed by atoms with Gasteiger partial charge in [0, 0.05) is 30.4 Å². The molecular formula is C21H15N3O5. The van der Waals surface area contributed by atoms with Gasteiger partial charge in [-0.15, -0.1) is 0 Å². The Hall–Kier alpha value is -4.20. The zero-order valence-electron chi connectivity index (χ0n) is 15.3. The summed E-state index contributed by atoms with van der Waals surface area (Å²) in [4.78, 5) is 37.2. The average molecular weight is 389 g/mol. The molecule has 1 heterocycles. The van der Waals surface area contributed by atoms with E-state index in [0.717, 1.165) is 0 Å². The Balaban J connectivity index is 1.64. The van der Waals surface area contributed by atoms with E-state index in [4.69, 9.17) is 4.74 Å². The van der Waals surface area contributed by atoms with E-state index in [9.17, 15) is 19.7 Å². The third kappa shape index (κ3) is 3.39. The summed E-state index contributed by atoms with van der Waals surface area (Å²) in [5.41, 5.74) is 1.26. The molecule has 0 spiro atoms. The van der Waals surface area contributed by atoms with E-state index < -0.39 is 10.8 Å². The Morgan fingerprint density at radius 1 is 1.03 bits per heavy atom. The van der Waals surface area contributed by atoms with Gasteiger partial charge in [-0.05, 0) is 36.4 Å². The van der Waals surface area contributed by atoms with Crippen molar-refractivity contribution in [2.24, 2.45) is 0 Å². The SMILES string of the molecule is CN1C(=O)c2cc(NC(=O)c3cccc([N+](=O)[O-])c3)ccc2Oc2ccccc21. The van der Waals surface area contributed by atoms with Crippen molar-refractivity contribution in [3.8, 4) is 11.5 Å². The van der Waals surface area contributed by atoms with E-state index in [-0.39, 0.29) is 17.2 Å². The Morgan fingerprint density at radius 3 is 2.62 bits per heavy atom. The molecule has 0 saturated heterocycles. The van der Waals surface area contributed by atoms with E-state index in [1.165, 1.54) is 35.2 Å². The van der Waals surface area contributed by atoms with Crippen LogP contribution >= 0.6 is 0 Å². The van der Waals surface area contributed by atoms with Gasteiger partial charge in [-0.1, -0.05) is 18.2 Å². The number of non-ortho nitro benzene ring substituents is 1. The summed E-state index contributed by atoms with van der Waals surface area (Å²) in [6.07, 6.45) is 0. The van der Waals surface area contributed by atoms with Gasteiger partial charge in [0.05, 0.1) is 16.2 Å². The van der Waals surface area contributed by atoms with Crippen LogP contribution in [0.15, 0.2) is 66.7 Å². The molecule has 1 aliphatic rings. The van der Waals surface area contributed by atoms with Gasteiger partial charge in [0.25, 0.3) is 17.5 Å². The van der Waals surface area contributed by atoms with Crippen LogP contribution in [-0.4, -0.2) is 23.8 Å². The predicted octanol–water partition coefficient (Wildman–Crippen LogP) is 4.23. The van der Waals surface area contributed by atoms with Crippen LogP contribution in [0.4, 0.5) is 17.1 Å². The van der Waals surface area contributed by atoms with Crippen molar-refractivity contribution in [2.45, 2.75) is 0 Å². The Labute approximate surface area is 165 Å². The van der Waals surface area contributed by atoms with Crippen LogP contribution in [0.1, 0.15) is 20.7 Å². The molecule has 29 heavy (non-hydrogen) atoms. The third-order valence-electron chi connectivity index (χ3n) is 4.54. The number of carbonyl (C=O) groups is 2. The first-order chi connectivity index (χ1) is 13.9. The van der Waals surface area contributed by atoms with Crippen molar-refractivity contribution in [3.05, 3.63) is 88.0 Å². The predicted molar refractivity (Wildman–Crippen MR) is 107 cm³/mol. The number of nitro benzene ring substituents is 1. The van der Waals surface area contributed by atoms with Crippen molar-refractivity contribution in [1.82, 2.24) is 0 Å². The lowest BCUT2D eigenvalue weighted by molar-refractivity contribution is -0.384. The second-order valence-electron chi connectivity index (χ2n) is 6.41. The molecule has 1 N–H and O–H groups in total. The molecule has 0 radical (unpaired) electrons. The zero-order valence-corrected chi connectivity index (χ0v) is 15.3. The minimum Gasteiger partial charge on any atom is -0.454 e. The number of para-hydroxylation sites is 2. The molecule has 8 heteroatoms. The van der Waals surface area contributed by atoms with Gasteiger partial charge < -0.3 is 15.0 Å². The lowest BCUT2D eigenvalue weighted by Gasteiger charge is -2.16. The van der Waals surface area contributed by atoms with Gasteiger partial charge in [-0.3, -0.25) is 19.7 Å². The maximum Gasteiger partial charge on any atom is 0.270 e. The van der Waals surface area contributed by atoms with Gasteiger partial charge in [0.2, 0.25) is 0 Å². The molecule has 3 aromatic carbocycles. The van der Waals surface area contributed by atoms with E-state index in [1.54, 1.807) is 31.3 Å². The lowest BCUT2D eigenvalue weighted by Crippen LogP contribution is -2.25. The molecule has 0 aliphatic carbocycles. The monoisotopic (exact) mass is 389 g/mol. The first-order valence-corrected chi connectivity index (χ1v) is 8.69. The number of benzene rings is 3. The summed E-state index contributed by atoms with van der Waals surface area (Å²) >= 11 is 0. The fourth-order valence-corrected chi connectivity index (χ4v) is 3.06. The number of rotatable bonds is 3. The molecule has 0 fully saturated rings. The quantitative estimate of drug-likeness (QED) is 0.533. The Bertz CT molecular complexity index is 1160. The summed E-state index contributed by atoms with van der Waals surface area (Å²) < 4.78 is 5.88. The second kappa shape index (κ2) is 7.08. The molecule has 0 bridgehead atoms. The van der Waals surface area contributed by atoms with Gasteiger partial charge in [0.15, 0.2) is 5.75 Å². The van der Waals surface area contributed by atoms with Gasteiger partial charge in [0.1, 0.15) is 5.75 Å². The highest BCUT2D eigenvalue weighted by Gasteiger charge is 2.26. The Morgan fingerprint density at radius 2 is 1.83 bits per heavy atom. The molecule has 0 unspecified atom stereocenters. The van der Waals surface area contributed by atoms with E-state index in [1.807, 2.05) is 12.1 Å². The van der Waals surface area contributed by atoms with Crippen molar-refractivity contribution >= 4 is 28.9 Å². The van der Waals surface area contributed by atoms with Crippen molar-refractivity contribution in [2.75, 3.05) is 17.3 Å². The van der Waals surface area contributed by atoms with Gasteiger partial charge in [-0.25, -0.2) is 0 Å². The number of amides is 2. The highest BCUT2D eigenvalue weighted by molar-refractivity contribution is 6.11. The minimum atomic E-state index is -0.567. The number of nitro groups is 1. The van der Waals surface area contributed by atoms with Gasteiger partial charge >= 0.3 is 0 Å². The zero-order chi connectivity index (χ0) is 20.5. The summed E-state index contributed by atoms with van der Waals surface area (Å²) in [5.74, 6) is 0.124. The van der Waals surface area contributed by atoms with Crippen molar-refractivity contribution in [3.63, 3.8) is 0 Å². The number of anilines is 2. The largest absolute Gasteiger partial charge is 0.454 e. The molecule has 8 nitrogen and oxygen atoms in total. The number of ether oxygens (including phenoxy) is 1. The number of hydrogen-bond donors (Lipinski definition) is 1. The first kappa shape index (κ1) is 18.2. The van der Waals surface area contributed by atoms with Crippen LogP contribution in [0.25, 0.3) is 0 Å². The maximum absolute atomic E-state index is 12.9. The number of nitrogens with one attached hydrogen (secondary N) is 1. The summed E-state index contributed by atoms with van der Waals surface area (Å²) in [6, 6.07) is 17.3. The summed E-state index contributed by atoms with van der Waals surface area (Å²) in [7, 11) is 1.65. The summed E-state index contributed by atoms with van der Waals surface area (Å²) in [5, 5.41) is 13.6. The summed E-state index contributed by atoms with van der Waals surface area (Å²) in [6.45, 7) is 0. The number of carbonyl (C=O) groups excluding carboxylic acids is 2. The van der Waals surface area contributed by atoms with E-state index >= 15 is 0 Å². The normalized spacial score (nSPS) is 12.3. The average Bonchev–Trinajstić information content (AvgIpc) is 2.83. The van der Waals surface area contributed by atoms with Crippen LogP contribution in [0.3, 0.4) is 0 Å². The molecule has 2 amide bonds. The fourth-order valence-electron chi connectivity index (χ4n) is 3.06. The van der Waals surface area contributed by atoms with Crippen LogP contribution < -0.4 is 15.0 Å². The molecular weight excluding hydrogens is 374 g/mol. The molecule has 1 aliphatic heterocycles. The molecule has 0 aromatic heterocycles. The fraction of sp³-hybridized carbons (Fsp3) is 0.0476. The van der Waals surface area contributed by atoms with Crippen molar-refractivity contribution < 1.29 is 19.2 Å². The minimum absolute atomic E-state index is 0.140. The molecule has 0 saturated carbocycles. The van der Waals surface area contributed by atoms with E-state index in [0.29, 0.717) is 28.4 Å². The number of nitrogens with zero attached hydrogens (tertiary/aromatic N) is 2. The number of fused-ring (bicyclic) bond motifs is 2.